The summed E-state index contributed by atoms with van der Waals surface area (Å²) in [7, 11) is 1.69. The molecule has 2 aromatic rings. The Kier molecular flexibility index (Phi) is 6.55. The highest BCUT2D eigenvalue weighted by Gasteiger charge is 2.11. The summed E-state index contributed by atoms with van der Waals surface area (Å²) in [5.41, 5.74) is 1.93. The molecular formula is C17H16BrNO3S. The number of ether oxygens (including phenoxy) is 1. The highest BCUT2D eigenvalue weighted by atomic mass is 79.9. The standard InChI is InChI=1S/C17H16BrNO3S/c1-19(10-13-8-9-23-12-13)16(20)11-22-17(21)7-6-14-4-2-3-5-15(14)18/h2-9,12H,10-11H2,1H3/b7-6+. The minimum atomic E-state index is -0.543. The number of rotatable bonds is 6. The van der Waals surface area contributed by atoms with Crippen molar-refractivity contribution in [3.8, 4) is 0 Å². The lowest BCUT2D eigenvalue weighted by Gasteiger charge is -2.15. The summed E-state index contributed by atoms with van der Waals surface area (Å²) in [5.74, 6) is -0.781. The summed E-state index contributed by atoms with van der Waals surface area (Å²) < 4.78 is 5.86. The van der Waals surface area contributed by atoms with Gasteiger partial charge in [-0.05, 0) is 40.1 Å². The van der Waals surface area contributed by atoms with Gasteiger partial charge in [0.1, 0.15) is 0 Å². The maximum absolute atomic E-state index is 11.9. The Hall–Kier alpha value is -1.92. The van der Waals surface area contributed by atoms with Gasteiger partial charge in [0, 0.05) is 24.1 Å². The monoisotopic (exact) mass is 393 g/mol. The summed E-state index contributed by atoms with van der Waals surface area (Å²) in [5, 5.41) is 3.94. The number of amides is 1. The van der Waals surface area contributed by atoms with E-state index in [-0.39, 0.29) is 12.5 Å². The van der Waals surface area contributed by atoms with E-state index in [2.05, 4.69) is 15.9 Å². The van der Waals surface area contributed by atoms with Crippen LogP contribution in [0.4, 0.5) is 0 Å². The lowest BCUT2D eigenvalue weighted by Crippen LogP contribution is -2.30. The molecular weight excluding hydrogens is 378 g/mol. The van der Waals surface area contributed by atoms with Crippen LogP contribution in [0, 0.1) is 0 Å². The van der Waals surface area contributed by atoms with Crippen LogP contribution in [0.5, 0.6) is 0 Å². The third kappa shape index (κ3) is 5.65. The fourth-order valence-electron chi connectivity index (χ4n) is 1.80. The molecule has 23 heavy (non-hydrogen) atoms. The summed E-state index contributed by atoms with van der Waals surface area (Å²) in [6, 6.07) is 9.48. The topological polar surface area (TPSA) is 46.6 Å². The van der Waals surface area contributed by atoms with Crippen LogP contribution >= 0.6 is 27.3 Å². The van der Waals surface area contributed by atoms with E-state index in [0.717, 1.165) is 15.6 Å². The van der Waals surface area contributed by atoms with E-state index >= 15 is 0 Å². The Bertz CT molecular complexity index is 698. The number of likely N-dealkylation sites (N-methyl/N-ethyl adjacent to an activating group) is 1. The molecule has 0 aliphatic rings. The number of nitrogens with zero attached hydrogens (tertiary/aromatic N) is 1. The van der Waals surface area contributed by atoms with Crippen molar-refractivity contribution in [3.05, 3.63) is 62.8 Å². The predicted octanol–water partition coefficient (Wildman–Crippen LogP) is 3.73. The molecule has 0 unspecified atom stereocenters. The van der Waals surface area contributed by atoms with E-state index in [4.69, 9.17) is 4.74 Å². The van der Waals surface area contributed by atoms with Crippen molar-refractivity contribution < 1.29 is 14.3 Å². The second-order valence-electron chi connectivity index (χ2n) is 4.84. The Morgan fingerprint density at radius 3 is 2.78 bits per heavy atom. The Morgan fingerprint density at radius 1 is 1.30 bits per heavy atom. The van der Waals surface area contributed by atoms with Crippen molar-refractivity contribution in [1.82, 2.24) is 4.90 Å². The zero-order valence-corrected chi connectivity index (χ0v) is 15.0. The van der Waals surface area contributed by atoms with Crippen LogP contribution < -0.4 is 0 Å². The number of benzene rings is 1. The van der Waals surface area contributed by atoms with Crippen LogP contribution in [0.3, 0.4) is 0 Å². The number of halogens is 1. The van der Waals surface area contributed by atoms with Crippen LogP contribution in [-0.2, 0) is 20.9 Å². The molecule has 0 bridgehead atoms. The van der Waals surface area contributed by atoms with E-state index in [1.165, 1.54) is 11.0 Å². The first kappa shape index (κ1) is 17.4. The first-order chi connectivity index (χ1) is 11.1. The van der Waals surface area contributed by atoms with E-state index in [1.54, 1.807) is 24.5 Å². The first-order valence-corrected chi connectivity index (χ1v) is 8.64. The van der Waals surface area contributed by atoms with Crippen molar-refractivity contribution in [2.75, 3.05) is 13.7 Å². The van der Waals surface area contributed by atoms with Crippen molar-refractivity contribution in [1.29, 1.82) is 0 Å². The maximum atomic E-state index is 11.9. The normalized spacial score (nSPS) is 10.7. The predicted molar refractivity (Wildman–Crippen MR) is 94.9 cm³/mol. The minimum absolute atomic E-state index is 0.237. The third-order valence-electron chi connectivity index (χ3n) is 3.07. The minimum Gasteiger partial charge on any atom is -0.452 e. The van der Waals surface area contributed by atoms with Gasteiger partial charge in [0.15, 0.2) is 6.61 Å². The van der Waals surface area contributed by atoms with Crippen LogP contribution in [-0.4, -0.2) is 30.4 Å². The molecule has 120 valence electrons. The maximum Gasteiger partial charge on any atom is 0.331 e. The second-order valence-corrected chi connectivity index (χ2v) is 6.48. The van der Waals surface area contributed by atoms with Crippen molar-refractivity contribution in [3.63, 3.8) is 0 Å². The van der Waals surface area contributed by atoms with Crippen LogP contribution in [0.2, 0.25) is 0 Å². The van der Waals surface area contributed by atoms with Gasteiger partial charge in [-0.25, -0.2) is 4.79 Å². The Balaban J connectivity index is 1.79. The average molecular weight is 394 g/mol. The van der Waals surface area contributed by atoms with E-state index < -0.39 is 5.97 Å². The first-order valence-electron chi connectivity index (χ1n) is 6.90. The quantitative estimate of drug-likeness (QED) is 0.554. The van der Waals surface area contributed by atoms with Gasteiger partial charge in [0.05, 0.1) is 0 Å². The number of hydrogen-bond donors (Lipinski definition) is 0. The molecule has 0 saturated heterocycles. The molecule has 1 heterocycles. The van der Waals surface area contributed by atoms with Gasteiger partial charge >= 0.3 is 5.97 Å². The highest BCUT2D eigenvalue weighted by Crippen LogP contribution is 2.17. The molecule has 1 aromatic heterocycles. The lowest BCUT2D eigenvalue weighted by atomic mass is 10.2. The molecule has 0 aliphatic heterocycles. The van der Waals surface area contributed by atoms with E-state index in [9.17, 15) is 9.59 Å². The molecule has 4 nitrogen and oxygen atoms in total. The van der Waals surface area contributed by atoms with Crippen molar-refractivity contribution >= 4 is 45.2 Å². The number of esters is 1. The van der Waals surface area contributed by atoms with Gasteiger partial charge in [0.2, 0.25) is 0 Å². The molecule has 0 aliphatic carbocycles. The summed E-state index contributed by atoms with van der Waals surface area (Å²) in [6.45, 7) is 0.243. The van der Waals surface area contributed by atoms with Crippen LogP contribution in [0.15, 0.2) is 51.6 Å². The molecule has 2 rings (SSSR count). The van der Waals surface area contributed by atoms with Crippen molar-refractivity contribution in [2.24, 2.45) is 0 Å². The van der Waals surface area contributed by atoms with E-state index in [1.807, 2.05) is 41.1 Å². The van der Waals surface area contributed by atoms with Gasteiger partial charge < -0.3 is 9.64 Å². The summed E-state index contributed by atoms with van der Waals surface area (Å²) in [6.07, 6.45) is 2.96. The third-order valence-corrected chi connectivity index (χ3v) is 4.52. The lowest BCUT2D eigenvalue weighted by molar-refractivity contribution is -0.147. The van der Waals surface area contributed by atoms with Crippen molar-refractivity contribution in [2.45, 2.75) is 6.54 Å². The molecule has 0 N–H and O–H groups in total. The number of hydrogen-bond acceptors (Lipinski definition) is 4. The molecule has 0 spiro atoms. The molecule has 0 saturated carbocycles. The molecule has 0 atom stereocenters. The summed E-state index contributed by atoms with van der Waals surface area (Å²) in [4.78, 5) is 25.1. The fourth-order valence-corrected chi connectivity index (χ4v) is 2.88. The molecule has 0 radical (unpaired) electrons. The smallest absolute Gasteiger partial charge is 0.331 e. The molecule has 0 fully saturated rings. The second kappa shape index (κ2) is 8.64. The zero-order valence-electron chi connectivity index (χ0n) is 12.6. The van der Waals surface area contributed by atoms with Gasteiger partial charge in [-0.2, -0.15) is 11.3 Å². The van der Waals surface area contributed by atoms with Gasteiger partial charge in [-0.15, -0.1) is 0 Å². The Morgan fingerprint density at radius 2 is 2.09 bits per heavy atom. The number of carbonyl (C=O) groups excluding carboxylic acids is 2. The molecule has 1 amide bonds. The summed E-state index contributed by atoms with van der Waals surface area (Å²) >= 11 is 4.97. The van der Waals surface area contributed by atoms with E-state index in [0.29, 0.717) is 6.54 Å². The van der Waals surface area contributed by atoms with Crippen LogP contribution in [0.25, 0.3) is 6.08 Å². The molecule has 1 aromatic carbocycles. The van der Waals surface area contributed by atoms with Gasteiger partial charge in [-0.1, -0.05) is 34.1 Å². The highest BCUT2D eigenvalue weighted by molar-refractivity contribution is 9.10. The van der Waals surface area contributed by atoms with Gasteiger partial charge in [0.25, 0.3) is 5.91 Å². The zero-order chi connectivity index (χ0) is 16.7. The van der Waals surface area contributed by atoms with Crippen LogP contribution in [0.1, 0.15) is 11.1 Å². The molecule has 6 heteroatoms. The fraction of sp³-hybridized carbons (Fsp3) is 0.176. The van der Waals surface area contributed by atoms with Gasteiger partial charge in [-0.3, -0.25) is 4.79 Å². The number of carbonyl (C=O) groups is 2. The number of thiophene rings is 1. The Labute approximate surface area is 147 Å². The average Bonchev–Trinajstić information content (AvgIpc) is 3.04. The largest absolute Gasteiger partial charge is 0.452 e. The SMILES string of the molecule is CN(Cc1ccsc1)C(=O)COC(=O)/C=C/c1ccccc1Br.